The number of nitrogens with zero attached hydrogens (tertiary/aromatic N) is 2. The Labute approximate surface area is 211 Å². The number of hydrogen-bond acceptors (Lipinski definition) is 3. The number of anilines is 1. The van der Waals surface area contributed by atoms with Crippen molar-refractivity contribution in [3.63, 3.8) is 0 Å². The first-order valence-corrected chi connectivity index (χ1v) is 11.5. The number of benzene rings is 3. The van der Waals surface area contributed by atoms with Gasteiger partial charge in [-0.1, -0.05) is 35.9 Å². The minimum atomic E-state index is -4.42. The average molecular weight is 514 g/mol. The topological polar surface area (TPSA) is 56.1 Å². The Bertz CT molecular complexity index is 1400. The molecule has 0 radical (unpaired) electrons. The zero-order valence-corrected chi connectivity index (χ0v) is 20.3. The van der Waals surface area contributed by atoms with E-state index in [0.717, 1.165) is 23.3 Å². The number of carbonyl (C=O) groups is 1. The predicted molar refractivity (Wildman–Crippen MR) is 132 cm³/mol. The van der Waals surface area contributed by atoms with Crippen molar-refractivity contribution in [3.05, 3.63) is 111 Å². The molecule has 9 heteroatoms. The third-order valence-corrected chi connectivity index (χ3v) is 5.77. The molecule has 1 N–H and O–H groups in total. The van der Waals surface area contributed by atoms with Gasteiger partial charge >= 0.3 is 6.18 Å². The lowest BCUT2D eigenvalue weighted by atomic mass is 10.1. The molecular weight excluding hydrogens is 491 g/mol. The van der Waals surface area contributed by atoms with E-state index in [2.05, 4.69) is 10.4 Å². The van der Waals surface area contributed by atoms with Crippen molar-refractivity contribution in [2.75, 3.05) is 5.32 Å². The summed E-state index contributed by atoms with van der Waals surface area (Å²) in [5.74, 6) is 0.655. The van der Waals surface area contributed by atoms with Gasteiger partial charge in [0.1, 0.15) is 12.4 Å². The van der Waals surface area contributed by atoms with E-state index in [-0.39, 0.29) is 19.1 Å². The number of rotatable bonds is 7. The molecule has 0 fully saturated rings. The second-order valence-electron chi connectivity index (χ2n) is 8.38. The van der Waals surface area contributed by atoms with Gasteiger partial charge in [0.25, 0.3) is 5.91 Å². The summed E-state index contributed by atoms with van der Waals surface area (Å²) in [6, 6.07) is 19.2. The molecule has 0 bridgehead atoms. The van der Waals surface area contributed by atoms with Crippen molar-refractivity contribution in [3.8, 4) is 5.75 Å². The van der Waals surface area contributed by atoms with Gasteiger partial charge in [-0.3, -0.25) is 9.48 Å². The average Bonchev–Trinajstić information content (AvgIpc) is 3.16. The predicted octanol–water partition coefficient (Wildman–Crippen LogP) is 7.05. The highest BCUT2D eigenvalue weighted by Gasteiger charge is 2.30. The minimum Gasteiger partial charge on any atom is -0.489 e. The number of nitrogens with one attached hydrogen (secondary N) is 1. The van der Waals surface area contributed by atoms with Crippen LogP contribution < -0.4 is 10.1 Å². The van der Waals surface area contributed by atoms with E-state index >= 15 is 0 Å². The molecule has 3 aromatic carbocycles. The molecule has 1 amide bonds. The summed E-state index contributed by atoms with van der Waals surface area (Å²) >= 11 is 5.98. The fourth-order valence-electron chi connectivity index (χ4n) is 3.68. The van der Waals surface area contributed by atoms with Gasteiger partial charge in [0.2, 0.25) is 0 Å². The zero-order chi connectivity index (χ0) is 25.9. The van der Waals surface area contributed by atoms with Gasteiger partial charge < -0.3 is 10.1 Å². The molecule has 4 rings (SSSR count). The molecule has 0 unspecified atom stereocenters. The molecule has 1 aromatic heterocycles. The first-order valence-electron chi connectivity index (χ1n) is 11.1. The van der Waals surface area contributed by atoms with E-state index < -0.39 is 11.7 Å². The van der Waals surface area contributed by atoms with Gasteiger partial charge in [-0.05, 0) is 73.0 Å². The van der Waals surface area contributed by atoms with Crippen LogP contribution in [0.1, 0.15) is 38.3 Å². The molecule has 0 aliphatic rings. The number of carbonyl (C=O) groups excluding carboxylic acids is 1. The lowest BCUT2D eigenvalue weighted by molar-refractivity contribution is -0.137. The summed E-state index contributed by atoms with van der Waals surface area (Å²) < 4.78 is 46.4. The maximum Gasteiger partial charge on any atom is 0.416 e. The smallest absolute Gasteiger partial charge is 0.416 e. The van der Waals surface area contributed by atoms with Gasteiger partial charge in [0, 0.05) is 22.3 Å². The molecule has 0 saturated heterocycles. The van der Waals surface area contributed by atoms with Crippen LogP contribution in [0.2, 0.25) is 5.02 Å². The van der Waals surface area contributed by atoms with Crippen LogP contribution in [0, 0.1) is 13.8 Å². The normalized spacial score (nSPS) is 11.4. The van der Waals surface area contributed by atoms with Gasteiger partial charge in [0.05, 0.1) is 12.1 Å². The Kier molecular flexibility index (Phi) is 7.35. The SMILES string of the molecule is Cc1cc(Cl)ccc1OCc1cccc(C(=O)Nc2cc(C)n(Cc3cccc(C(F)(F)F)c3)n2)c1. The Hall–Kier alpha value is -3.78. The summed E-state index contributed by atoms with van der Waals surface area (Å²) in [7, 11) is 0. The highest BCUT2D eigenvalue weighted by atomic mass is 35.5. The summed E-state index contributed by atoms with van der Waals surface area (Å²) in [6.45, 7) is 4.09. The number of ether oxygens (including phenoxy) is 1. The van der Waals surface area contributed by atoms with Gasteiger partial charge in [-0.25, -0.2) is 0 Å². The zero-order valence-electron chi connectivity index (χ0n) is 19.6. The van der Waals surface area contributed by atoms with Crippen molar-refractivity contribution in [1.29, 1.82) is 0 Å². The number of hydrogen-bond donors (Lipinski definition) is 1. The Balaban J connectivity index is 1.42. The lowest BCUT2D eigenvalue weighted by Crippen LogP contribution is -2.13. The van der Waals surface area contributed by atoms with E-state index in [1.807, 2.05) is 19.1 Å². The Morgan fingerprint density at radius 2 is 1.75 bits per heavy atom. The highest BCUT2D eigenvalue weighted by molar-refractivity contribution is 6.30. The first-order chi connectivity index (χ1) is 17.1. The van der Waals surface area contributed by atoms with Crippen molar-refractivity contribution >= 4 is 23.3 Å². The highest BCUT2D eigenvalue weighted by Crippen LogP contribution is 2.30. The summed E-state index contributed by atoms with van der Waals surface area (Å²) in [5.41, 5.74) is 2.58. The van der Waals surface area contributed by atoms with Crippen LogP contribution in [0.15, 0.2) is 72.8 Å². The van der Waals surface area contributed by atoms with E-state index in [0.29, 0.717) is 33.4 Å². The molecular formula is C27H23ClF3N3O2. The molecule has 36 heavy (non-hydrogen) atoms. The van der Waals surface area contributed by atoms with Crippen molar-refractivity contribution in [2.45, 2.75) is 33.2 Å². The molecule has 5 nitrogen and oxygen atoms in total. The summed E-state index contributed by atoms with van der Waals surface area (Å²) in [4.78, 5) is 12.8. The first kappa shape index (κ1) is 25.3. The number of aromatic nitrogens is 2. The molecule has 0 aliphatic heterocycles. The number of alkyl halides is 3. The fourth-order valence-corrected chi connectivity index (χ4v) is 3.90. The van der Waals surface area contributed by atoms with E-state index in [4.69, 9.17) is 16.3 Å². The summed E-state index contributed by atoms with van der Waals surface area (Å²) in [5, 5.41) is 7.73. The van der Waals surface area contributed by atoms with Gasteiger partial charge in [-0.15, -0.1) is 0 Å². The van der Waals surface area contributed by atoms with Crippen molar-refractivity contribution in [1.82, 2.24) is 9.78 Å². The van der Waals surface area contributed by atoms with Crippen LogP contribution in [0.4, 0.5) is 19.0 Å². The molecule has 0 spiro atoms. The second kappa shape index (κ2) is 10.5. The number of halogens is 4. The van der Waals surface area contributed by atoms with Crippen LogP contribution in [0.25, 0.3) is 0 Å². The fraction of sp³-hybridized carbons (Fsp3) is 0.185. The molecule has 1 heterocycles. The third kappa shape index (κ3) is 6.26. The van der Waals surface area contributed by atoms with E-state index in [1.54, 1.807) is 54.1 Å². The van der Waals surface area contributed by atoms with Crippen molar-refractivity contribution < 1.29 is 22.7 Å². The minimum absolute atomic E-state index is 0.141. The number of aryl methyl sites for hydroxylation is 2. The van der Waals surface area contributed by atoms with Crippen molar-refractivity contribution in [2.24, 2.45) is 0 Å². The van der Waals surface area contributed by atoms with Crippen LogP contribution in [-0.2, 0) is 19.3 Å². The van der Waals surface area contributed by atoms with Crippen LogP contribution in [-0.4, -0.2) is 15.7 Å². The molecule has 0 atom stereocenters. The third-order valence-electron chi connectivity index (χ3n) is 5.53. The van der Waals surface area contributed by atoms with E-state index in [9.17, 15) is 18.0 Å². The van der Waals surface area contributed by atoms with Gasteiger partial charge in [-0.2, -0.15) is 18.3 Å². The molecule has 186 valence electrons. The Morgan fingerprint density at radius 1 is 1.00 bits per heavy atom. The van der Waals surface area contributed by atoms with Crippen LogP contribution in [0.5, 0.6) is 5.75 Å². The Morgan fingerprint density at radius 3 is 2.50 bits per heavy atom. The lowest BCUT2D eigenvalue weighted by Gasteiger charge is -2.10. The standard InChI is InChI=1S/C27H23ClF3N3O2/c1-17-11-23(28)9-10-24(17)36-16-20-6-3-7-21(13-20)26(35)32-25-12-18(2)34(33-25)15-19-5-4-8-22(14-19)27(29,30)31/h3-14H,15-16H2,1-2H3,(H,32,33,35). The van der Waals surface area contributed by atoms with Gasteiger partial charge in [0.15, 0.2) is 5.82 Å². The summed E-state index contributed by atoms with van der Waals surface area (Å²) in [6.07, 6.45) is -4.42. The monoisotopic (exact) mass is 513 g/mol. The molecule has 4 aromatic rings. The molecule has 0 saturated carbocycles. The number of amides is 1. The maximum absolute atomic E-state index is 13.0. The van der Waals surface area contributed by atoms with Crippen LogP contribution in [0.3, 0.4) is 0 Å². The van der Waals surface area contributed by atoms with Crippen LogP contribution >= 0.6 is 11.6 Å². The second-order valence-corrected chi connectivity index (χ2v) is 8.82. The van der Waals surface area contributed by atoms with E-state index in [1.165, 1.54) is 6.07 Å². The largest absolute Gasteiger partial charge is 0.489 e. The quantitative estimate of drug-likeness (QED) is 0.288. The molecule has 0 aliphatic carbocycles. The maximum atomic E-state index is 13.0.